The van der Waals surface area contributed by atoms with Gasteiger partial charge in [0, 0.05) is 19.1 Å². The minimum Gasteiger partial charge on any atom is -0.453 e. The van der Waals surface area contributed by atoms with Gasteiger partial charge in [-0.2, -0.15) is 0 Å². The maximum atomic E-state index is 11.4. The lowest BCUT2D eigenvalue weighted by molar-refractivity contribution is 0.0959. The highest BCUT2D eigenvalue weighted by Gasteiger charge is 2.30. The van der Waals surface area contributed by atoms with E-state index in [-0.39, 0.29) is 6.09 Å². The predicted molar refractivity (Wildman–Crippen MR) is 57.7 cm³/mol. The molecular formula is C11H20N2O2. The van der Waals surface area contributed by atoms with Gasteiger partial charge in [0.15, 0.2) is 0 Å². The van der Waals surface area contributed by atoms with Gasteiger partial charge in [-0.05, 0) is 38.1 Å². The number of methoxy groups -OCH3 is 1. The Hall–Kier alpha value is -0.770. The minimum absolute atomic E-state index is 0.169. The molecule has 0 aromatic carbocycles. The fourth-order valence-electron chi connectivity index (χ4n) is 2.75. The Balaban J connectivity index is 1.88. The standard InChI is InChI=1S/C11H20N2O2/c1-15-11(14)13-7-3-4-9(8-13)10-5-2-6-12-10/h9-10,12H,2-8H2,1H3. The summed E-state index contributed by atoms with van der Waals surface area (Å²) in [4.78, 5) is 13.3. The van der Waals surface area contributed by atoms with Crippen molar-refractivity contribution in [1.29, 1.82) is 0 Å². The Bertz CT molecular complexity index is 227. The molecule has 15 heavy (non-hydrogen) atoms. The molecule has 4 nitrogen and oxygen atoms in total. The van der Waals surface area contributed by atoms with Crippen molar-refractivity contribution in [3.05, 3.63) is 0 Å². The molecule has 86 valence electrons. The highest BCUT2D eigenvalue weighted by atomic mass is 16.5. The largest absolute Gasteiger partial charge is 0.453 e. The number of carbonyl (C=O) groups is 1. The van der Waals surface area contributed by atoms with Crippen molar-refractivity contribution >= 4 is 6.09 Å². The molecule has 4 heteroatoms. The molecule has 0 aromatic rings. The van der Waals surface area contributed by atoms with Crippen LogP contribution in [0.25, 0.3) is 0 Å². The van der Waals surface area contributed by atoms with E-state index in [9.17, 15) is 4.79 Å². The molecule has 2 rings (SSSR count). The number of ether oxygens (including phenoxy) is 1. The van der Waals surface area contributed by atoms with Crippen molar-refractivity contribution in [2.24, 2.45) is 5.92 Å². The highest BCUT2D eigenvalue weighted by Crippen LogP contribution is 2.24. The summed E-state index contributed by atoms with van der Waals surface area (Å²) in [6.07, 6.45) is 4.72. The molecule has 2 heterocycles. The molecule has 0 aliphatic carbocycles. The molecule has 2 aliphatic rings. The van der Waals surface area contributed by atoms with Crippen LogP contribution < -0.4 is 5.32 Å². The van der Waals surface area contributed by atoms with Crippen molar-refractivity contribution in [2.45, 2.75) is 31.7 Å². The van der Waals surface area contributed by atoms with Crippen molar-refractivity contribution in [1.82, 2.24) is 10.2 Å². The first kappa shape index (κ1) is 10.7. The lowest BCUT2D eigenvalue weighted by atomic mass is 9.90. The van der Waals surface area contributed by atoms with Gasteiger partial charge in [-0.1, -0.05) is 0 Å². The number of nitrogens with zero attached hydrogens (tertiary/aromatic N) is 1. The van der Waals surface area contributed by atoms with Crippen molar-refractivity contribution in [2.75, 3.05) is 26.7 Å². The van der Waals surface area contributed by atoms with Crippen LogP contribution in [0.4, 0.5) is 4.79 Å². The average molecular weight is 212 g/mol. The summed E-state index contributed by atoms with van der Waals surface area (Å²) in [5, 5.41) is 3.53. The quantitative estimate of drug-likeness (QED) is 0.710. The Morgan fingerprint density at radius 1 is 1.40 bits per heavy atom. The zero-order valence-corrected chi connectivity index (χ0v) is 9.37. The third-order valence-electron chi connectivity index (χ3n) is 3.56. The van der Waals surface area contributed by atoms with E-state index < -0.39 is 0 Å². The summed E-state index contributed by atoms with van der Waals surface area (Å²) >= 11 is 0. The van der Waals surface area contributed by atoms with E-state index in [0.29, 0.717) is 12.0 Å². The van der Waals surface area contributed by atoms with Crippen LogP contribution in [-0.2, 0) is 4.74 Å². The molecule has 0 bridgehead atoms. The molecule has 2 atom stereocenters. The number of hydrogen-bond acceptors (Lipinski definition) is 3. The maximum Gasteiger partial charge on any atom is 0.409 e. The smallest absolute Gasteiger partial charge is 0.409 e. The first-order chi connectivity index (χ1) is 7.31. The van der Waals surface area contributed by atoms with E-state index >= 15 is 0 Å². The second kappa shape index (κ2) is 4.84. The van der Waals surface area contributed by atoms with Crippen molar-refractivity contribution in [3.8, 4) is 0 Å². The molecule has 0 aromatic heterocycles. The number of rotatable bonds is 1. The number of amides is 1. The van der Waals surface area contributed by atoms with Crippen molar-refractivity contribution < 1.29 is 9.53 Å². The summed E-state index contributed by atoms with van der Waals surface area (Å²) in [6.45, 7) is 2.86. The Labute approximate surface area is 91.0 Å². The number of nitrogens with one attached hydrogen (secondary N) is 1. The Morgan fingerprint density at radius 2 is 2.27 bits per heavy atom. The first-order valence-corrected chi connectivity index (χ1v) is 5.87. The number of likely N-dealkylation sites (tertiary alicyclic amines) is 1. The molecule has 0 spiro atoms. The molecule has 0 radical (unpaired) electrons. The lowest BCUT2D eigenvalue weighted by Gasteiger charge is -2.34. The van der Waals surface area contributed by atoms with Gasteiger partial charge >= 0.3 is 6.09 Å². The van der Waals surface area contributed by atoms with E-state index in [2.05, 4.69) is 5.32 Å². The SMILES string of the molecule is COC(=O)N1CCCC(C2CCCN2)C1. The normalized spacial score (nSPS) is 31.7. The van der Waals surface area contributed by atoms with Gasteiger partial charge < -0.3 is 15.0 Å². The van der Waals surface area contributed by atoms with Gasteiger partial charge in [0.05, 0.1) is 7.11 Å². The zero-order valence-electron chi connectivity index (χ0n) is 9.37. The van der Waals surface area contributed by atoms with Gasteiger partial charge in [0.25, 0.3) is 0 Å². The van der Waals surface area contributed by atoms with Gasteiger partial charge in [-0.25, -0.2) is 4.79 Å². The van der Waals surface area contributed by atoms with Crippen LogP contribution in [0.15, 0.2) is 0 Å². The summed E-state index contributed by atoms with van der Waals surface area (Å²) < 4.78 is 4.77. The van der Waals surface area contributed by atoms with Crippen LogP contribution in [0, 0.1) is 5.92 Å². The summed E-state index contributed by atoms with van der Waals surface area (Å²) in [5.41, 5.74) is 0. The second-order valence-electron chi connectivity index (χ2n) is 4.52. The van der Waals surface area contributed by atoms with E-state index in [4.69, 9.17) is 4.74 Å². The summed E-state index contributed by atoms with van der Waals surface area (Å²) in [6, 6.07) is 0.623. The fourth-order valence-corrected chi connectivity index (χ4v) is 2.75. The van der Waals surface area contributed by atoms with E-state index in [1.807, 2.05) is 4.90 Å². The monoisotopic (exact) mass is 212 g/mol. The van der Waals surface area contributed by atoms with E-state index in [0.717, 1.165) is 26.1 Å². The van der Waals surface area contributed by atoms with Gasteiger partial charge in [0.2, 0.25) is 0 Å². The van der Waals surface area contributed by atoms with E-state index in [1.165, 1.54) is 26.4 Å². The zero-order chi connectivity index (χ0) is 10.7. The third-order valence-corrected chi connectivity index (χ3v) is 3.56. The predicted octanol–water partition coefficient (Wildman–Crippen LogP) is 1.22. The second-order valence-corrected chi connectivity index (χ2v) is 4.52. The number of hydrogen-bond donors (Lipinski definition) is 1. The molecule has 2 unspecified atom stereocenters. The first-order valence-electron chi connectivity index (χ1n) is 5.87. The number of piperidine rings is 1. The van der Waals surface area contributed by atoms with Crippen LogP contribution in [0.2, 0.25) is 0 Å². The molecule has 2 fully saturated rings. The van der Waals surface area contributed by atoms with Crippen LogP contribution >= 0.6 is 0 Å². The topological polar surface area (TPSA) is 41.6 Å². The summed E-state index contributed by atoms with van der Waals surface area (Å²) in [7, 11) is 1.46. The van der Waals surface area contributed by atoms with Gasteiger partial charge in [0.1, 0.15) is 0 Å². The molecular weight excluding hydrogens is 192 g/mol. The Kier molecular flexibility index (Phi) is 3.46. The minimum atomic E-state index is -0.169. The van der Waals surface area contributed by atoms with Crippen molar-refractivity contribution in [3.63, 3.8) is 0 Å². The van der Waals surface area contributed by atoms with Gasteiger partial charge in [-0.15, -0.1) is 0 Å². The van der Waals surface area contributed by atoms with Gasteiger partial charge in [-0.3, -0.25) is 0 Å². The molecule has 2 aliphatic heterocycles. The molecule has 1 amide bonds. The molecule has 0 saturated carbocycles. The number of carbonyl (C=O) groups excluding carboxylic acids is 1. The van der Waals surface area contributed by atoms with Crippen LogP contribution in [0.3, 0.4) is 0 Å². The van der Waals surface area contributed by atoms with Crippen LogP contribution in [0.5, 0.6) is 0 Å². The maximum absolute atomic E-state index is 11.4. The lowest BCUT2D eigenvalue weighted by Crippen LogP contribution is -2.45. The average Bonchev–Trinajstić information content (AvgIpc) is 2.82. The van der Waals surface area contributed by atoms with Crippen LogP contribution in [-0.4, -0.2) is 43.8 Å². The molecule has 1 N–H and O–H groups in total. The third kappa shape index (κ3) is 2.43. The summed E-state index contributed by atoms with van der Waals surface area (Å²) in [5.74, 6) is 0.625. The Morgan fingerprint density at radius 3 is 2.93 bits per heavy atom. The molecule has 2 saturated heterocycles. The fraction of sp³-hybridized carbons (Fsp3) is 0.909. The van der Waals surface area contributed by atoms with Crippen LogP contribution in [0.1, 0.15) is 25.7 Å². The highest BCUT2D eigenvalue weighted by molar-refractivity contribution is 5.67. The van der Waals surface area contributed by atoms with E-state index in [1.54, 1.807) is 0 Å².